The largest absolute Gasteiger partial charge is 0.489 e. The van der Waals surface area contributed by atoms with Crippen molar-refractivity contribution in [3.63, 3.8) is 0 Å². The molecule has 14 heteroatoms. The second-order valence-corrected chi connectivity index (χ2v) is 10.3. The molecule has 3 heterocycles. The highest BCUT2D eigenvalue weighted by atomic mass is 32.1. The van der Waals surface area contributed by atoms with Crippen LogP contribution in [0.25, 0.3) is 0 Å². The van der Waals surface area contributed by atoms with Crippen molar-refractivity contribution in [1.82, 2.24) is 20.3 Å². The van der Waals surface area contributed by atoms with E-state index in [0.29, 0.717) is 43.0 Å². The average molecular weight is 579 g/mol. The third kappa shape index (κ3) is 7.81. The van der Waals surface area contributed by atoms with Crippen LogP contribution in [0.5, 0.6) is 11.6 Å². The molecule has 2 N–H and O–H groups in total. The lowest BCUT2D eigenvalue weighted by Gasteiger charge is -2.20. The van der Waals surface area contributed by atoms with Gasteiger partial charge in [-0.05, 0) is 24.6 Å². The summed E-state index contributed by atoms with van der Waals surface area (Å²) in [6, 6.07) is 7.15. The Kier molecular flexibility index (Phi) is 9.07. The summed E-state index contributed by atoms with van der Waals surface area (Å²) in [5, 5.41) is 7.71. The topological polar surface area (TPSA) is 119 Å². The first kappa shape index (κ1) is 29.1. The first-order valence-electron chi connectivity index (χ1n) is 12.5. The van der Waals surface area contributed by atoms with Crippen LogP contribution in [0.3, 0.4) is 0 Å². The van der Waals surface area contributed by atoms with E-state index < -0.39 is 30.1 Å². The van der Waals surface area contributed by atoms with E-state index in [2.05, 4.69) is 25.6 Å². The van der Waals surface area contributed by atoms with Crippen LogP contribution >= 0.6 is 11.3 Å². The molecular weight excluding hydrogens is 549 g/mol. The van der Waals surface area contributed by atoms with E-state index in [4.69, 9.17) is 9.47 Å². The summed E-state index contributed by atoms with van der Waals surface area (Å²) in [6.07, 6.45) is 1.41. The Morgan fingerprint density at radius 1 is 1.25 bits per heavy atom. The minimum atomic E-state index is -3.12. The second kappa shape index (κ2) is 12.5. The molecule has 2 unspecified atom stereocenters. The summed E-state index contributed by atoms with van der Waals surface area (Å²) in [6.45, 7) is 3.90. The molecular formula is C26H29F3N6O4S. The van der Waals surface area contributed by atoms with E-state index in [1.807, 2.05) is 0 Å². The van der Waals surface area contributed by atoms with Crippen LogP contribution in [0.2, 0.25) is 0 Å². The van der Waals surface area contributed by atoms with Crippen LogP contribution in [-0.2, 0) is 16.1 Å². The van der Waals surface area contributed by atoms with Crippen LogP contribution in [0.15, 0.2) is 36.0 Å². The number of benzene rings is 1. The predicted octanol–water partition coefficient (Wildman–Crippen LogP) is 4.14. The van der Waals surface area contributed by atoms with Crippen LogP contribution < -0.4 is 25.0 Å². The fourth-order valence-corrected chi connectivity index (χ4v) is 4.74. The van der Waals surface area contributed by atoms with Gasteiger partial charge in [-0.3, -0.25) is 9.59 Å². The molecule has 0 bridgehead atoms. The smallest absolute Gasteiger partial charge is 0.278 e. The molecule has 10 nitrogen and oxygen atoms in total. The number of hydrogen-bond donors (Lipinski definition) is 2. The van der Waals surface area contributed by atoms with Gasteiger partial charge in [0.15, 0.2) is 17.6 Å². The molecule has 214 valence electrons. The van der Waals surface area contributed by atoms with Gasteiger partial charge in [-0.2, -0.15) is 9.37 Å². The molecule has 2 atom stereocenters. The number of carbonyl (C=O) groups is 2. The first-order valence-corrected chi connectivity index (χ1v) is 13.4. The number of nitrogens with zero attached hydrogens (tertiary/aromatic N) is 4. The fourth-order valence-electron chi connectivity index (χ4n) is 3.98. The summed E-state index contributed by atoms with van der Waals surface area (Å²) in [5.41, 5.74) is 1.44. The summed E-state index contributed by atoms with van der Waals surface area (Å²) >= 11 is 1.28. The predicted molar refractivity (Wildman–Crippen MR) is 142 cm³/mol. The number of ether oxygens (including phenoxy) is 2. The Labute approximate surface area is 232 Å². The van der Waals surface area contributed by atoms with Gasteiger partial charge in [0.1, 0.15) is 18.2 Å². The zero-order chi connectivity index (χ0) is 28.9. The van der Waals surface area contributed by atoms with E-state index in [9.17, 15) is 22.8 Å². The van der Waals surface area contributed by atoms with Crippen LogP contribution in [-0.4, -0.2) is 58.5 Å². The minimum Gasteiger partial charge on any atom is -0.489 e. The zero-order valence-electron chi connectivity index (χ0n) is 22.1. The highest BCUT2D eigenvalue weighted by Crippen LogP contribution is 2.29. The molecule has 0 aliphatic carbocycles. The Hall–Kier alpha value is -3.94. The number of carbonyl (C=O) groups excluding carboxylic acids is 2. The lowest BCUT2D eigenvalue weighted by Crippen LogP contribution is -2.28. The third-order valence-electron chi connectivity index (χ3n) is 6.00. The fraction of sp³-hybridized carbons (Fsp3) is 0.423. The van der Waals surface area contributed by atoms with E-state index in [0.717, 1.165) is 11.9 Å². The third-order valence-corrected chi connectivity index (χ3v) is 6.81. The normalized spacial score (nSPS) is 15.9. The maximum Gasteiger partial charge on any atom is 0.278 e. The van der Waals surface area contributed by atoms with Gasteiger partial charge in [-0.1, -0.05) is 12.1 Å². The number of anilines is 2. The molecule has 2 amide bonds. The van der Waals surface area contributed by atoms with Crippen molar-refractivity contribution in [3.05, 3.63) is 53.0 Å². The van der Waals surface area contributed by atoms with Crippen molar-refractivity contribution < 1.29 is 32.2 Å². The Morgan fingerprint density at radius 3 is 2.70 bits per heavy atom. The highest BCUT2D eigenvalue weighted by Gasteiger charge is 2.30. The summed E-state index contributed by atoms with van der Waals surface area (Å²) in [5.74, 6) is -4.79. The SMILES string of the molecule is CC(=O)Nc1nc(CNC(=O)C(C)c2ccc(OC3CCN(c4ncnc(OCC(C)(F)F)c4F)C3)cc2)cs1. The monoisotopic (exact) mass is 578 g/mol. The molecule has 2 aromatic heterocycles. The molecule has 0 saturated carbocycles. The van der Waals surface area contributed by atoms with Gasteiger partial charge in [0.05, 0.1) is 24.7 Å². The summed E-state index contributed by atoms with van der Waals surface area (Å²) < 4.78 is 51.9. The van der Waals surface area contributed by atoms with Crippen LogP contribution in [0.4, 0.5) is 24.1 Å². The number of rotatable bonds is 11. The van der Waals surface area contributed by atoms with Gasteiger partial charge < -0.3 is 25.0 Å². The van der Waals surface area contributed by atoms with Crippen molar-refractivity contribution in [2.75, 3.05) is 29.9 Å². The number of thiazole rings is 1. The number of aromatic nitrogens is 3. The first-order chi connectivity index (χ1) is 19.0. The van der Waals surface area contributed by atoms with E-state index >= 15 is 0 Å². The molecule has 1 aliphatic rings. The molecule has 4 rings (SSSR count). The quantitative estimate of drug-likeness (QED) is 0.349. The highest BCUT2D eigenvalue weighted by molar-refractivity contribution is 7.13. The van der Waals surface area contributed by atoms with E-state index in [1.165, 1.54) is 18.3 Å². The van der Waals surface area contributed by atoms with Gasteiger partial charge in [0.25, 0.3) is 11.8 Å². The zero-order valence-corrected chi connectivity index (χ0v) is 22.9. The Balaban J connectivity index is 1.28. The molecule has 1 aromatic carbocycles. The molecule has 1 fully saturated rings. The number of hydrogen-bond acceptors (Lipinski definition) is 9. The van der Waals surface area contributed by atoms with Crippen molar-refractivity contribution in [3.8, 4) is 11.6 Å². The standard InChI is InChI=1S/C26H29F3N6O4S/c1-15(23(37)30-10-18-12-40-25(34-18)33-16(2)36)17-4-6-19(7-5-17)39-20-8-9-35(11-20)22-21(27)24(32-14-31-22)38-13-26(3,28)29/h4-7,12,14-15,20H,8-11,13H2,1-3H3,(H,30,37)(H,33,34,36). The molecule has 3 aromatic rings. The lowest BCUT2D eigenvalue weighted by atomic mass is 10.0. The van der Waals surface area contributed by atoms with Crippen LogP contribution in [0.1, 0.15) is 44.4 Å². The molecule has 1 saturated heterocycles. The average Bonchev–Trinajstić information content (AvgIpc) is 3.55. The van der Waals surface area contributed by atoms with Crippen molar-refractivity contribution in [2.24, 2.45) is 0 Å². The Morgan fingerprint density at radius 2 is 2.00 bits per heavy atom. The number of alkyl halides is 2. The minimum absolute atomic E-state index is 0.0327. The lowest BCUT2D eigenvalue weighted by molar-refractivity contribution is -0.122. The summed E-state index contributed by atoms with van der Waals surface area (Å²) in [7, 11) is 0. The van der Waals surface area contributed by atoms with Crippen LogP contribution in [0, 0.1) is 5.82 Å². The van der Waals surface area contributed by atoms with Gasteiger partial charge in [-0.15, -0.1) is 11.3 Å². The van der Waals surface area contributed by atoms with E-state index in [1.54, 1.807) is 41.5 Å². The molecule has 0 radical (unpaired) electrons. The van der Waals surface area contributed by atoms with Crippen molar-refractivity contribution >= 4 is 34.1 Å². The van der Waals surface area contributed by atoms with E-state index in [-0.39, 0.29) is 30.3 Å². The molecule has 40 heavy (non-hydrogen) atoms. The van der Waals surface area contributed by atoms with Gasteiger partial charge in [0.2, 0.25) is 17.6 Å². The number of halogens is 3. The van der Waals surface area contributed by atoms with Crippen molar-refractivity contribution in [2.45, 2.75) is 51.7 Å². The van der Waals surface area contributed by atoms with Gasteiger partial charge in [0, 0.05) is 32.2 Å². The number of nitrogens with one attached hydrogen (secondary N) is 2. The van der Waals surface area contributed by atoms with Gasteiger partial charge >= 0.3 is 0 Å². The maximum atomic E-state index is 14.8. The summed E-state index contributed by atoms with van der Waals surface area (Å²) in [4.78, 5) is 37.3. The maximum absolute atomic E-state index is 14.8. The van der Waals surface area contributed by atoms with Crippen molar-refractivity contribution in [1.29, 1.82) is 0 Å². The Bertz CT molecular complexity index is 1330. The molecule has 1 aliphatic heterocycles. The van der Waals surface area contributed by atoms with Gasteiger partial charge in [-0.25, -0.2) is 18.7 Å². The number of amides is 2. The second-order valence-electron chi connectivity index (χ2n) is 9.48. The molecule has 0 spiro atoms.